The molecule has 0 unspecified atom stereocenters. The Hall–Kier alpha value is -2.09. The second-order valence-corrected chi connectivity index (χ2v) is 3.65. The summed E-state index contributed by atoms with van der Waals surface area (Å²) in [6.45, 7) is 0. The highest BCUT2D eigenvalue weighted by atomic mass is 16.5. The number of ether oxygens (including phenoxy) is 1. The van der Waals surface area contributed by atoms with E-state index in [1.54, 1.807) is 13.4 Å². The van der Waals surface area contributed by atoms with Gasteiger partial charge in [-0.1, -0.05) is 24.3 Å². The van der Waals surface area contributed by atoms with E-state index in [2.05, 4.69) is 18.2 Å². The summed E-state index contributed by atoms with van der Waals surface area (Å²) in [7, 11) is 1.68. The van der Waals surface area contributed by atoms with Crippen molar-refractivity contribution in [1.29, 1.82) is 0 Å². The van der Waals surface area contributed by atoms with Crippen molar-refractivity contribution in [2.45, 2.75) is 0 Å². The molecule has 0 aliphatic carbocycles. The van der Waals surface area contributed by atoms with Gasteiger partial charge in [0.25, 0.3) is 0 Å². The molecule has 3 rings (SSSR count). The van der Waals surface area contributed by atoms with Gasteiger partial charge in [0.15, 0.2) is 0 Å². The van der Waals surface area contributed by atoms with Crippen molar-refractivity contribution in [3.8, 4) is 5.75 Å². The van der Waals surface area contributed by atoms with Crippen molar-refractivity contribution in [2.75, 3.05) is 7.11 Å². The lowest BCUT2D eigenvalue weighted by Gasteiger charge is -2.02. The van der Waals surface area contributed by atoms with Crippen LogP contribution in [0.15, 0.2) is 53.1 Å². The summed E-state index contributed by atoms with van der Waals surface area (Å²) >= 11 is 0. The summed E-state index contributed by atoms with van der Waals surface area (Å²) in [6.07, 6.45) is 1.65. The molecule has 0 amide bonds. The number of hydrogen-bond acceptors (Lipinski definition) is 1. The molecule has 0 radical (unpaired) electrons. The molecule has 0 spiro atoms. The van der Waals surface area contributed by atoms with Crippen LogP contribution in [0.3, 0.4) is 0 Å². The Morgan fingerprint density at radius 2 is 1.88 bits per heavy atom. The zero-order valence-electron chi connectivity index (χ0n) is 8.94. The van der Waals surface area contributed by atoms with Gasteiger partial charge in [-0.15, -0.1) is 0 Å². The van der Waals surface area contributed by atoms with Crippen molar-refractivity contribution < 1.29 is 9.15 Å². The summed E-state index contributed by atoms with van der Waals surface area (Å²) in [5.41, 5.74) is 0.845. The first kappa shape index (κ1) is 9.16. The zero-order chi connectivity index (χ0) is 11.0. The van der Waals surface area contributed by atoms with Gasteiger partial charge in [-0.3, -0.25) is 0 Å². The molecule has 1 heterocycles. The molecule has 0 fully saturated rings. The van der Waals surface area contributed by atoms with Crippen molar-refractivity contribution in [3.63, 3.8) is 0 Å². The van der Waals surface area contributed by atoms with Crippen LogP contribution in [0.25, 0.3) is 21.7 Å². The molecule has 78 valence electrons. The lowest BCUT2D eigenvalue weighted by atomic mass is 10.1. The van der Waals surface area contributed by atoms with Crippen LogP contribution < -0.4 is 4.74 Å². The Kier molecular flexibility index (Phi) is 2.00. The number of fused-ring (bicyclic) bond motifs is 3. The number of rotatable bonds is 1. The van der Waals surface area contributed by atoms with Gasteiger partial charge in [-0.25, -0.2) is 4.42 Å². The monoisotopic (exact) mass is 211 g/mol. The molecule has 0 N–H and O–H groups in total. The minimum Gasteiger partial charge on any atom is -0.495 e. The molecule has 3 aromatic rings. The Morgan fingerprint density at radius 1 is 1.00 bits per heavy atom. The third kappa shape index (κ3) is 1.23. The third-order valence-electron chi connectivity index (χ3n) is 2.77. The highest BCUT2D eigenvalue weighted by Crippen LogP contribution is 2.32. The Labute approximate surface area is 93.1 Å². The lowest BCUT2D eigenvalue weighted by molar-refractivity contribution is 0.416. The zero-order valence-corrected chi connectivity index (χ0v) is 8.94. The fraction of sp³-hybridized carbons (Fsp3) is 0.0714. The minimum atomic E-state index is 0.845. The molecule has 2 nitrogen and oxygen atoms in total. The SMILES string of the molecule is COc1cc[o+]c2ccc3ccccc3c12. The number of methoxy groups -OCH3 is 1. The average Bonchev–Trinajstić information content (AvgIpc) is 2.37. The highest BCUT2D eigenvalue weighted by Gasteiger charge is 2.13. The van der Waals surface area contributed by atoms with E-state index in [4.69, 9.17) is 9.15 Å². The average molecular weight is 211 g/mol. The predicted molar refractivity (Wildman–Crippen MR) is 64.7 cm³/mol. The van der Waals surface area contributed by atoms with Crippen LogP contribution >= 0.6 is 0 Å². The smallest absolute Gasteiger partial charge is 0.364 e. The molecule has 0 saturated heterocycles. The van der Waals surface area contributed by atoms with Crippen molar-refractivity contribution in [1.82, 2.24) is 0 Å². The van der Waals surface area contributed by atoms with Crippen LogP contribution in [-0.4, -0.2) is 7.11 Å². The van der Waals surface area contributed by atoms with Crippen LogP contribution in [-0.2, 0) is 0 Å². The molecular formula is C14H11O2+. The summed E-state index contributed by atoms with van der Waals surface area (Å²) in [6, 6.07) is 14.1. The molecule has 0 bridgehead atoms. The molecule has 0 aliphatic heterocycles. The first-order valence-corrected chi connectivity index (χ1v) is 5.16. The standard InChI is InChI=1S/C14H11O2/c1-15-12-8-9-16-13-7-6-10-4-2-3-5-11(10)14(12)13/h2-9H,1H3/q+1. The van der Waals surface area contributed by atoms with Crippen molar-refractivity contribution in [2.24, 2.45) is 0 Å². The van der Waals surface area contributed by atoms with Gasteiger partial charge < -0.3 is 4.74 Å². The van der Waals surface area contributed by atoms with Crippen LogP contribution in [0.2, 0.25) is 0 Å². The molecule has 2 aromatic carbocycles. The Bertz CT molecular complexity index is 659. The number of benzene rings is 2. The normalized spacial score (nSPS) is 10.8. The quantitative estimate of drug-likeness (QED) is 0.450. The molecule has 0 atom stereocenters. The van der Waals surface area contributed by atoms with Crippen molar-refractivity contribution >= 4 is 21.7 Å². The third-order valence-corrected chi connectivity index (χ3v) is 2.77. The second-order valence-electron chi connectivity index (χ2n) is 3.65. The molecule has 16 heavy (non-hydrogen) atoms. The van der Waals surface area contributed by atoms with Gasteiger partial charge in [0.1, 0.15) is 11.1 Å². The topological polar surface area (TPSA) is 20.5 Å². The Balaban J connectivity index is 2.57. The van der Waals surface area contributed by atoms with E-state index in [0.717, 1.165) is 22.1 Å². The van der Waals surface area contributed by atoms with E-state index < -0.39 is 0 Å². The van der Waals surface area contributed by atoms with E-state index in [1.165, 1.54) is 5.39 Å². The fourth-order valence-corrected chi connectivity index (χ4v) is 2.03. The first-order chi connectivity index (χ1) is 7.90. The maximum Gasteiger partial charge on any atom is 0.364 e. The van der Waals surface area contributed by atoms with Gasteiger partial charge in [-0.2, -0.15) is 0 Å². The van der Waals surface area contributed by atoms with Gasteiger partial charge >= 0.3 is 11.8 Å². The second kappa shape index (κ2) is 3.49. The van der Waals surface area contributed by atoms with Gasteiger partial charge in [-0.05, 0) is 11.5 Å². The van der Waals surface area contributed by atoms with Crippen molar-refractivity contribution in [3.05, 3.63) is 48.7 Å². The summed E-state index contributed by atoms with van der Waals surface area (Å²) < 4.78 is 10.9. The van der Waals surface area contributed by atoms with E-state index >= 15 is 0 Å². The molecule has 1 aromatic heterocycles. The molecule has 2 heteroatoms. The van der Waals surface area contributed by atoms with E-state index in [-0.39, 0.29) is 0 Å². The van der Waals surface area contributed by atoms with E-state index in [0.29, 0.717) is 0 Å². The predicted octanol–water partition coefficient (Wildman–Crippen LogP) is 3.88. The van der Waals surface area contributed by atoms with Gasteiger partial charge in [0.05, 0.1) is 13.2 Å². The summed E-state index contributed by atoms with van der Waals surface area (Å²) in [4.78, 5) is 0. The van der Waals surface area contributed by atoms with Crippen LogP contribution in [0.4, 0.5) is 0 Å². The Morgan fingerprint density at radius 3 is 2.75 bits per heavy atom. The minimum absolute atomic E-state index is 0.845. The molecule has 0 saturated carbocycles. The van der Waals surface area contributed by atoms with Crippen LogP contribution in [0.5, 0.6) is 5.75 Å². The number of hydrogen-bond donors (Lipinski definition) is 0. The fourth-order valence-electron chi connectivity index (χ4n) is 2.03. The molecule has 0 aliphatic rings. The first-order valence-electron chi connectivity index (χ1n) is 5.16. The molecular weight excluding hydrogens is 200 g/mol. The summed E-state index contributed by atoms with van der Waals surface area (Å²) in [5, 5.41) is 3.37. The lowest BCUT2D eigenvalue weighted by Crippen LogP contribution is -1.85. The summed E-state index contributed by atoms with van der Waals surface area (Å²) in [5.74, 6) is 0.845. The highest BCUT2D eigenvalue weighted by molar-refractivity contribution is 6.08. The van der Waals surface area contributed by atoms with Gasteiger partial charge in [0, 0.05) is 11.5 Å². The van der Waals surface area contributed by atoms with E-state index in [9.17, 15) is 0 Å². The largest absolute Gasteiger partial charge is 0.495 e. The van der Waals surface area contributed by atoms with Gasteiger partial charge in [0.2, 0.25) is 0 Å². The maximum absolute atomic E-state index is 5.48. The van der Waals surface area contributed by atoms with Crippen LogP contribution in [0, 0.1) is 0 Å². The maximum atomic E-state index is 5.48. The van der Waals surface area contributed by atoms with E-state index in [1.807, 2.05) is 24.3 Å². The van der Waals surface area contributed by atoms with Crippen LogP contribution in [0.1, 0.15) is 0 Å².